The largest absolute Gasteiger partial charge is 0.368 e. The predicted molar refractivity (Wildman–Crippen MR) is 137 cm³/mol. The number of carbonyl (C=O) groups is 2. The van der Waals surface area contributed by atoms with Gasteiger partial charge in [0.25, 0.3) is 5.91 Å². The second-order valence-electron chi connectivity index (χ2n) is 9.92. The Morgan fingerprint density at radius 1 is 0.943 bits per heavy atom. The first-order valence-corrected chi connectivity index (χ1v) is 12.6. The molecular weight excluding hydrogens is 438 g/mol. The molecule has 0 bridgehead atoms. The van der Waals surface area contributed by atoms with Crippen LogP contribution in [0.3, 0.4) is 0 Å². The first kappa shape index (κ1) is 23.4. The third kappa shape index (κ3) is 4.78. The molecule has 7 nitrogen and oxygen atoms in total. The van der Waals surface area contributed by atoms with Crippen molar-refractivity contribution in [1.82, 2.24) is 20.2 Å². The highest BCUT2D eigenvalue weighted by Crippen LogP contribution is 2.31. The molecule has 3 aliphatic rings. The number of anilines is 1. The van der Waals surface area contributed by atoms with Gasteiger partial charge in [0, 0.05) is 57.2 Å². The third-order valence-electron chi connectivity index (χ3n) is 7.66. The number of hydrogen-bond acceptors (Lipinski definition) is 5. The molecular formula is C28H35N5O2. The van der Waals surface area contributed by atoms with E-state index in [1.165, 1.54) is 27.9 Å². The van der Waals surface area contributed by atoms with Gasteiger partial charge in [-0.1, -0.05) is 36.4 Å². The molecule has 0 aliphatic carbocycles. The van der Waals surface area contributed by atoms with Gasteiger partial charge >= 0.3 is 0 Å². The summed E-state index contributed by atoms with van der Waals surface area (Å²) in [5.74, 6) is 0.180. The van der Waals surface area contributed by atoms with Crippen molar-refractivity contribution in [2.45, 2.75) is 45.7 Å². The van der Waals surface area contributed by atoms with Gasteiger partial charge in [0.15, 0.2) is 0 Å². The second kappa shape index (κ2) is 9.74. The SMILES string of the molecule is Cc1ccc(C2CC3C(=O)N(CCC(=O)N4CCN(c5ccccc5C)CC4)C=CN3N2)cc1C. The molecule has 2 unspecified atom stereocenters. The molecule has 7 heteroatoms. The molecule has 2 saturated heterocycles. The van der Waals surface area contributed by atoms with Crippen LogP contribution >= 0.6 is 0 Å². The third-order valence-corrected chi connectivity index (χ3v) is 7.66. The molecule has 2 atom stereocenters. The Morgan fingerprint density at radius 2 is 1.71 bits per heavy atom. The highest BCUT2D eigenvalue weighted by molar-refractivity contribution is 5.85. The van der Waals surface area contributed by atoms with Crippen molar-refractivity contribution in [3.05, 3.63) is 77.1 Å². The summed E-state index contributed by atoms with van der Waals surface area (Å²) in [7, 11) is 0. The predicted octanol–water partition coefficient (Wildman–Crippen LogP) is 3.28. The number of para-hydroxylation sites is 1. The molecule has 2 amide bonds. The van der Waals surface area contributed by atoms with Gasteiger partial charge in [0.05, 0.1) is 6.04 Å². The summed E-state index contributed by atoms with van der Waals surface area (Å²) in [6, 6.07) is 14.7. The van der Waals surface area contributed by atoms with Gasteiger partial charge in [-0.2, -0.15) is 0 Å². The van der Waals surface area contributed by atoms with E-state index in [-0.39, 0.29) is 23.9 Å². The van der Waals surface area contributed by atoms with Gasteiger partial charge in [-0.05, 0) is 55.5 Å². The Morgan fingerprint density at radius 3 is 2.46 bits per heavy atom. The van der Waals surface area contributed by atoms with Crippen molar-refractivity contribution in [3.8, 4) is 0 Å². The molecule has 2 fully saturated rings. The Labute approximate surface area is 208 Å². The summed E-state index contributed by atoms with van der Waals surface area (Å²) in [6.45, 7) is 9.88. The Balaban J connectivity index is 1.13. The normalized spacial score (nSPS) is 22.1. The Hall–Kier alpha value is -3.32. The van der Waals surface area contributed by atoms with Crippen molar-refractivity contribution in [2.24, 2.45) is 0 Å². The summed E-state index contributed by atoms with van der Waals surface area (Å²) in [4.78, 5) is 32.1. The van der Waals surface area contributed by atoms with Crippen LogP contribution in [0.4, 0.5) is 5.69 Å². The smallest absolute Gasteiger partial charge is 0.250 e. The number of rotatable bonds is 5. The average molecular weight is 474 g/mol. The minimum atomic E-state index is -0.237. The molecule has 35 heavy (non-hydrogen) atoms. The summed E-state index contributed by atoms with van der Waals surface area (Å²) >= 11 is 0. The molecule has 5 rings (SSSR count). The molecule has 0 radical (unpaired) electrons. The van der Waals surface area contributed by atoms with E-state index in [4.69, 9.17) is 0 Å². The number of aryl methyl sites for hydroxylation is 3. The van der Waals surface area contributed by atoms with Gasteiger partial charge in [-0.3, -0.25) is 9.59 Å². The Bertz CT molecular complexity index is 1140. The number of amides is 2. The average Bonchev–Trinajstić information content (AvgIpc) is 3.31. The lowest BCUT2D eigenvalue weighted by molar-refractivity contribution is -0.136. The van der Waals surface area contributed by atoms with Crippen molar-refractivity contribution >= 4 is 17.5 Å². The van der Waals surface area contributed by atoms with E-state index in [1.54, 1.807) is 11.1 Å². The van der Waals surface area contributed by atoms with Crippen LogP contribution in [0, 0.1) is 20.8 Å². The minimum absolute atomic E-state index is 0.0588. The molecule has 0 spiro atoms. The van der Waals surface area contributed by atoms with Crippen LogP contribution in [0.1, 0.15) is 41.1 Å². The summed E-state index contributed by atoms with van der Waals surface area (Å²) in [5, 5.41) is 1.92. The van der Waals surface area contributed by atoms with Gasteiger partial charge in [0.1, 0.15) is 6.04 Å². The molecule has 2 aromatic carbocycles. The number of nitrogens with one attached hydrogen (secondary N) is 1. The Kier molecular flexibility index (Phi) is 6.52. The van der Waals surface area contributed by atoms with Gasteiger partial charge in [-0.25, -0.2) is 5.43 Å². The molecule has 0 saturated carbocycles. The number of benzene rings is 2. The summed E-state index contributed by atoms with van der Waals surface area (Å²) < 4.78 is 0. The highest BCUT2D eigenvalue weighted by atomic mass is 16.2. The van der Waals surface area contributed by atoms with Crippen LogP contribution in [0.15, 0.2) is 54.9 Å². The molecule has 184 valence electrons. The standard InChI is InChI=1S/C28H35N5O2/c1-20-8-9-23(18-22(20)3)24-19-26-28(35)32(16-17-33(26)29-24)11-10-27(34)31-14-12-30(13-15-31)25-7-5-4-6-21(25)2/h4-9,16-18,24,26,29H,10-15,19H2,1-3H3. The maximum atomic E-state index is 13.2. The monoisotopic (exact) mass is 473 g/mol. The fraction of sp³-hybridized carbons (Fsp3) is 0.429. The maximum absolute atomic E-state index is 13.2. The van der Waals surface area contributed by atoms with E-state index in [1.807, 2.05) is 16.1 Å². The van der Waals surface area contributed by atoms with E-state index in [0.29, 0.717) is 13.0 Å². The van der Waals surface area contributed by atoms with Crippen LogP contribution in [-0.2, 0) is 9.59 Å². The zero-order chi connectivity index (χ0) is 24.5. The van der Waals surface area contributed by atoms with Gasteiger partial charge < -0.3 is 19.7 Å². The van der Waals surface area contributed by atoms with Crippen LogP contribution in [-0.4, -0.2) is 65.4 Å². The fourth-order valence-electron chi connectivity index (χ4n) is 5.31. The van der Waals surface area contributed by atoms with Gasteiger partial charge in [-0.15, -0.1) is 0 Å². The van der Waals surface area contributed by atoms with Crippen LogP contribution in [0.2, 0.25) is 0 Å². The number of fused-ring (bicyclic) bond motifs is 1. The molecule has 1 N–H and O–H groups in total. The van der Waals surface area contributed by atoms with E-state index < -0.39 is 0 Å². The quantitative estimate of drug-likeness (QED) is 0.722. The fourth-order valence-corrected chi connectivity index (χ4v) is 5.31. The number of nitrogens with zero attached hydrogens (tertiary/aromatic N) is 4. The number of carbonyl (C=O) groups excluding carboxylic acids is 2. The highest BCUT2D eigenvalue weighted by Gasteiger charge is 2.40. The van der Waals surface area contributed by atoms with E-state index in [0.717, 1.165) is 32.6 Å². The number of piperazine rings is 1. The minimum Gasteiger partial charge on any atom is -0.368 e. The van der Waals surface area contributed by atoms with E-state index in [9.17, 15) is 9.59 Å². The van der Waals surface area contributed by atoms with Crippen LogP contribution in [0.5, 0.6) is 0 Å². The van der Waals surface area contributed by atoms with Crippen molar-refractivity contribution in [1.29, 1.82) is 0 Å². The van der Waals surface area contributed by atoms with E-state index in [2.05, 4.69) is 73.6 Å². The molecule has 3 heterocycles. The second-order valence-corrected chi connectivity index (χ2v) is 9.92. The lowest BCUT2D eigenvalue weighted by atomic mass is 9.97. The number of hydrazine groups is 1. The van der Waals surface area contributed by atoms with E-state index >= 15 is 0 Å². The first-order chi connectivity index (χ1) is 16.9. The number of hydrogen-bond donors (Lipinski definition) is 1. The van der Waals surface area contributed by atoms with Crippen LogP contribution < -0.4 is 10.3 Å². The topological polar surface area (TPSA) is 59.1 Å². The van der Waals surface area contributed by atoms with Crippen molar-refractivity contribution in [2.75, 3.05) is 37.6 Å². The molecule has 3 aliphatic heterocycles. The lowest BCUT2D eigenvalue weighted by Crippen LogP contribution is -2.51. The molecule has 2 aromatic rings. The van der Waals surface area contributed by atoms with Gasteiger partial charge in [0.2, 0.25) is 5.91 Å². The van der Waals surface area contributed by atoms with Crippen LogP contribution in [0.25, 0.3) is 0 Å². The zero-order valence-corrected chi connectivity index (χ0v) is 20.9. The van der Waals surface area contributed by atoms with Crippen molar-refractivity contribution < 1.29 is 9.59 Å². The summed E-state index contributed by atoms with van der Waals surface area (Å²) in [6.07, 6.45) is 4.80. The summed E-state index contributed by atoms with van der Waals surface area (Å²) in [5.41, 5.74) is 9.71. The van der Waals surface area contributed by atoms with Crippen molar-refractivity contribution in [3.63, 3.8) is 0 Å². The molecule has 0 aromatic heterocycles. The first-order valence-electron chi connectivity index (χ1n) is 12.6. The lowest BCUT2D eigenvalue weighted by Gasteiger charge is -2.37. The maximum Gasteiger partial charge on any atom is 0.250 e. The zero-order valence-electron chi connectivity index (χ0n) is 20.9.